The summed E-state index contributed by atoms with van der Waals surface area (Å²) in [4.78, 5) is 19.9. The molecule has 0 radical (unpaired) electrons. The van der Waals surface area contributed by atoms with Gasteiger partial charge in [-0.05, 0) is 6.07 Å². The van der Waals surface area contributed by atoms with Crippen LogP contribution < -0.4 is 24.0 Å². The molecule has 0 amide bonds. The van der Waals surface area contributed by atoms with Crippen molar-refractivity contribution >= 4 is 23.3 Å². The first-order valence-corrected chi connectivity index (χ1v) is 3.55. The van der Waals surface area contributed by atoms with Crippen LogP contribution in [0.3, 0.4) is 0 Å². The molecule has 0 N–H and O–H groups in total. The van der Waals surface area contributed by atoms with Gasteiger partial charge in [-0.25, -0.2) is 0 Å². The monoisotopic (exact) mass is 207 g/mol. The molecule has 0 bridgehead atoms. The molecule has 0 fully saturated rings. The van der Waals surface area contributed by atoms with Crippen molar-refractivity contribution in [2.45, 2.75) is 0 Å². The number of nitro benzene ring substituents is 1. The van der Waals surface area contributed by atoms with Crippen LogP contribution in [-0.4, -0.2) is 10.9 Å². The third-order valence-electron chi connectivity index (χ3n) is 1.38. The van der Waals surface area contributed by atoms with Crippen molar-refractivity contribution in [3.63, 3.8) is 0 Å². The molecule has 68 valence electrons. The van der Waals surface area contributed by atoms with Crippen molar-refractivity contribution in [2.75, 3.05) is 0 Å². The van der Waals surface area contributed by atoms with Crippen LogP contribution in [0.4, 0.5) is 5.69 Å². The van der Waals surface area contributed by atoms with Crippen molar-refractivity contribution in [3.05, 3.63) is 38.9 Å². The van der Waals surface area contributed by atoms with Crippen LogP contribution in [0.5, 0.6) is 0 Å². The van der Waals surface area contributed by atoms with Crippen molar-refractivity contribution in [1.29, 1.82) is 0 Å². The van der Waals surface area contributed by atoms with Crippen molar-refractivity contribution in [1.82, 2.24) is 0 Å². The SMILES string of the molecule is O=C([O-])c1ccc(Cl)c([N+](=O)[O-])c1.[Li+]. The van der Waals surface area contributed by atoms with Crippen molar-refractivity contribution in [2.24, 2.45) is 0 Å². The number of carboxylic acids is 1. The predicted octanol–water partition coefficient (Wildman–Crippen LogP) is -2.38. The van der Waals surface area contributed by atoms with E-state index in [0.29, 0.717) is 0 Å². The van der Waals surface area contributed by atoms with E-state index in [1.807, 2.05) is 0 Å². The molecular weight excluding hydrogens is 204 g/mol. The third kappa shape index (κ3) is 2.74. The Balaban J connectivity index is 0.00000169. The summed E-state index contributed by atoms with van der Waals surface area (Å²) in [7, 11) is 0. The van der Waals surface area contributed by atoms with E-state index in [4.69, 9.17) is 11.6 Å². The molecule has 7 heteroatoms. The summed E-state index contributed by atoms with van der Waals surface area (Å²) in [6, 6.07) is 3.15. The fourth-order valence-electron chi connectivity index (χ4n) is 0.780. The first kappa shape index (κ1) is 13.0. The fourth-order valence-corrected chi connectivity index (χ4v) is 0.966. The summed E-state index contributed by atoms with van der Waals surface area (Å²) in [5, 5.41) is 20.5. The van der Waals surface area contributed by atoms with E-state index in [1.165, 1.54) is 0 Å². The van der Waals surface area contributed by atoms with Gasteiger partial charge in [-0.1, -0.05) is 17.7 Å². The average molecular weight is 207 g/mol. The van der Waals surface area contributed by atoms with Crippen LogP contribution in [0.2, 0.25) is 5.02 Å². The van der Waals surface area contributed by atoms with Crippen LogP contribution in [0.25, 0.3) is 0 Å². The first-order valence-electron chi connectivity index (χ1n) is 3.17. The summed E-state index contributed by atoms with van der Waals surface area (Å²) in [5.41, 5.74) is -0.709. The molecule has 1 aromatic carbocycles. The molecule has 14 heavy (non-hydrogen) atoms. The number of rotatable bonds is 2. The molecule has 0 unspecified atom stereocenters. The normalized spacial score (nSPS) is 8.93. The molecule has 0 spiro atoms. The molecular formula is C7H3ClLiNO4. The smallest absolute Gasteiger partial charge is 0.545 e. The zero-order chi connectivity index (χ0) is 10.0. The molecule has 0 saturated carbocycles. The molecule has 0 saturated heterocycles. The van der Waals surface area contributed by atoms with Gasteiger partial charge in [0.05, 0.1) is 10.9 Å². The molecule has 0 heterocycles. The summed E-state index contributed by atoms with van der Waals surface area (Å²) in [5.74, 6) is -1.47. The van der Waals surface area contributed by atoms with Crippen LogP contribution in [0, 0.1) is 10.1 Å². The van der Waals surface area contributed by atoms with Crippen molar-refractivity contribution < 1.29 is 33.7 Å². The topological polar surface area (TPSA) is 83.3 Å². The summed E-state index contributed by atoms with van der Waals surface area (Å²) >= 11 is 5.44. The van der Waals surface area contributed by atoms with Gasteiger partial charge in [-0.15, -0.1) is 0 Å². The number of aromatic carboxylic acids is 1. The van der Waals surface area contributed by atoms with E-state index in [9.17, 15) is 20.0 Å². The number of carboxylic acid groups (broad SMARTS) is 1. The number of hydrogen-bond donors (Lipinski definition) is 0. The van der Waals surface area contributed by atoms with E-state index in [-0.39, 0.29) is 29.4 Å². The van der Waals surface area contributed by atoms with Crippen LogP contribution in [0.1, 0.15) is 10.4 Å². The minimum atomic E-state index is -1.47. The Labute approximate surface area is 96.0 Å². The standard InChI is InChI=1S/C7H4ClNO4.Li/c8-5-2-1-4(7(10)11)3-6(5)9(12)13;/h1-3H,(H,10,11);/q;+1/p-1. The first-order chi connectivity index (χ1) is 6.02. The molecule has 0 atom stereocenters. The Kier molecular flexibility index (Phi) is 4.64. The molecule has 0 aromatic heterocycles. The second kappa shape index (κ2) is 5.01. The van der Waals surface area contributed by atoms with E-state index < -0.39 is 16.6 Å². The molecule has 0 aliphatic carbocycles. The number of carbonyl (C=O) groups excluding carboxylic acids is 1. The Hall–Kier alpha value is -1.02. The summed E-state index contributed by atoms with van der Waals surface area (Å²) < 4.78 is 0. The van der Waals surface area contributed by atoms with Gasteiger partial charge >= 0.3 is 18.9 Å². The quantitative estimate of drug-likeness (QED) is 0.308. The number of nitrogens with zero attached hydrogens (tertiary/aromatic N) is 1. The van der Waals surface area contributed by atoms with Gasteiger partial charge in [-0.2, -0.15) is 0 Å². The Morgan fingerprint density at radius 1 is 1.43 bits per heavy atom. The number of hydrogen-bond acceptors (Lipinski definition) is 4. The van der Waals surface area contributed by atoms with Gasteiger partial charge < -0.3 is 9.90 Å². The van der Waals surface area contributed by atoms with E-state index in [2.05, 4.69) is 0 Å². The fraction of sp³-hybridized carbons (Fsp3) is 0. The van der Waals surface area contributed by atoms with E-state index in [1.54, 1.807) is 0 Å². The maximum Gasteiger partial charge on any atom is 1.00 e. The Morgan fingerprint density at radius 3 is 2.43 bits per heavy atom. The van der Waals surface area contributed by atoms with Gasteiger partial charge in [-0.3, -0.25) is 10.1 Å². The number of carbonyl (C=O) groups is 1. The molecule has 0 aliphatic heterocycles. The van der Waals surface area contributed by atoms with Gasteiger partial charge in [0, 0.05) is 11.6 Å². The maximum atomic E-state index is 10.3. The van der Waals surface area contributed by atoms with Crippen LogP contribution in [0.15, 0.2) is 18.2 Å². The van der Waals surface area contributed by atoms with Crippen molar-refractivity contribution in [3.8, 4) is 0 Å². The van der Waals surface area contributed by atoms with Crippen LogP contribution >= 0.6 is 11.6 Å². The number of benzene rings is 1. The molecule has 1 rings (SSSR count). The zero-order valence-electron chi connectivity index (χ0n) is 7.19. The molecule has 0 aliphatic rings. The summed E-state index contributed by atoms with van der Waals surface area (Å²) in [6.07, 6.45) is 0. The third-order valence-corrected chi connectivity index (χ3v) is 1.70. The minimum absolute atomic E-state index is 0. The zero-order valence-corrected chi connectivity index (χ0v) is 7.95. The maximum absolute atomic E-state index is 10.3. The second-order valence-electron chi connectivity index (χ2n) is 2.21. The second-order valence-corrected chi connectivity index (χ2v) is 2.62. The predicted molar refractivity (Wildman–Crippen MR) is 42.4 cm³/mol. The minimum Gasteiger partial charge on any atom is -0.545 e. The summed E-state index contributed by atoms with van der Waals surface area (Å²) in [6.45, 7) is 0. The average Bonchev–Trinajstić information content (AvgIpc) is 2.04. The van der Waals surface area contributed by atoms with E-state index in [0.717, 1.165) is 18.2 Å². The Bertz CT molecular complexity index is 382. The van der Waals surface area contributed by atoms with Gasteiger partial charge in [0.25, 0.3) is 5.69 Å². The molecule has 1 aromatic rings. The van der Waals surface area contributed by atoms with Gasteiger partial charge in [0.1, 0.15) is 5.02 Å². The van der Waals surface area contributed by atoms with Gasteiger partial charge in [0.15, 0.2) is 0 Å². The largest absolute Gasteiger partial charge is 1.00 e. The van der Waals surface area contributed by atoms with E-state index >= 15 is 0 Å². The number of halogens is 1. The molecule has 5 nitrogen and oxygen atoms in total. The van der Waals surface area contributed by atoms with Gasteiger partial charge in [0.2, 0.25) is 0 Å². The van der Waals surface area contributed by atoms with Crippen LogP contribution in [-0.2, 0) is 0 Å². The number of nitro groups is 1. The Morgan fingerprint density at radius 2 is 2.00 bits per heavy atom.